The number of hydrogen-bond acceptors (Lipinski definition) is 7. The molecule has 0 aliphatic heterocycles. The largest absolute Gasteiger partial charge is 0.495 e. The van der Waals surface area contributed by atoms with E-state index in [0.717, 1.165) is 4.57 Å². The van der Waals surface area contributed by atoms with Crippen molar-refractivity contribution in [3.8, 4) is 11.4 Å². The summed E-state index contributed by atoms with van der Waals surface area (Å²) in [6.07, 6.45) is 1.44. The summed E-state index contributed by atoms with van der Waals surface area (Å²) in [5.41, 5.74) is 0.232. The molecule has 11 nitrogen and oxygen atoms in total. The van der Waals surface area contributed by atoms with Gasteiger partial charge in [0.25, 0.3) is 11.2 Å². The lowest BCUT2D eigenvalue weighted by Gasteiger charge is -2.14. The molecule has 0 radical (unpaired) electrons. The number of fused-ring (bicyclic) bond motifs is 1. The zero-order valence-corrected chi connectivity index (χ0v) is 18.0. The molecule has 0 amide bonds. The van der Waals surface area contributed by atoms with Gasteiger partial charge in [-0.1, -0.05) is 24.3 Å². The van der Waals surface area contributed by atoms with Crippen LogP contribution in [-0.4, -0.2) is 44.4 Å². The molecule has 0 spiro atoms. The second-order valence-electron chi connectivity index (χ2n) is 7.21. The fourth-order valence-electron chi connectivity index (χ4n) is 3.68. The van der Waals surface area contributed by atoms with E-state index in [4.69, 9.17) is 9.47 Å². The molecular formula is C22H21N5O6. The Kier molecular flexibility index (Phi) is 6.05. The first kappa shape index (κ1) is 22.0. The Morgan fingerprint density at radius 2 is 1.88 bits per heavy atom. The van der Waals surface area contributed by atoms with Gasteiger partial charge in [-0.2, -0.15) is 0 Å². The Morgan fingerprint density at radius 3 is 2.61 bits per heavy atom. The number of aromatic nitrogens is 4. The summed E-state index contributed by atoms with van der Waals surface area (Å²) >= 11 is 0. The average Bonchev–Trinajstić information content (AvgIpc) is 3.22. The van der Waals surface area contributed by atoms with Crippen LogP contribution in [0.3, 0.4) is 0 Å². The number of ether oxygens (including phenoxy) is 2. The van der Waals surface area contributed by atoms with E-state index in [2.05, 4.69) is 4.98 Å². The second-order valence-corrected chi connectivity index (χ2v) is 7.21. The van der Waals surface area contributed by atoms with Crippen LogP contribution in [0.4, 0.5) is 5.69 Å². The normalized spacial score (nSPS) is 11.1. The van der Waals surface area contributed by atoms with Gasteiger partial charge in [-0.15, -0.1) is 0 Å². The van der Waals surface area contributed by atoms with Gasteiger partial charge >= 0.3 is 5.69 Å². The van der Waals surface area contributed by atoms with Crippen LogP contribution in [-0.2, 0) is 17.8 Å². The van der Waals surface area contributed by atoms with Crippen LogP contribution in [0.5, 0.6) is 5.75 Å². The molecule has 2 aromatic heterocycles. The molecular weight excluding hydrogens is 430 g/mol. The summed E-state index contributed by atoms with van der Waals surface area (Å²) in [6.45, 7) is 0.356. The molecule has 0 aliphatic carbocycles. The van der Waals surface area contributed by atoms with E-state index in [9.17, 15) is 19.7 Å². The highest BCUT2D eigenvalue weighted by molar-refractivity contribution is 5.73. The van der Waals surface area contributed by atoms with Crippen LogP contribution in [0.15, 0.2) is 64.4 Å². The first-order chi connectivity index (χ1) is 16.0. The van der Waals surface area contributed by atoms with Crippen molar-refractivity contribution < 1.29 is 14.4 Å². The number of non-ortho nitro benzene ring substituents is 1. The van der Waals surface area contributed by atoms with Gasteiger partial charge in [-0.3, -0.25) is 19.5 Å². The molecule has 0 fully saturated rings. The minimum absolute atomic E-state index is 0.0429. The number of nitro benzene ring substituents is 1. The van der Waals surface area contributed by atoms with Gasteiger partial charge in [0.15, 0.2) is 11.2 Å². The van der Waals surface area contributed by atoms with Crippen molar-refractivity contribution in [2.75, 3.05) is 20.8 Å². The number of imidazole rings is 1. The Labute approximate surface area is 187 Å². The SMILES string of the molecule is COCCn1c(=O)c2c(ncn2Cc2cccc([N+](=O)[O-])c2)n(-c2ccccc2OC)c1=O. The van der Waals surface area contributed by atoms with Crippen LogP contribution < -0.4 is 16.0 Å². The van der Waals surface area contributed by atoms with E-state index in [-0.39, 0.29) is 36.5 Å². The number of benzene rings is 2. The van der Waals surface area contributed by atoms with Crippen molar-refractivity contribution in [1.82, 2.24) is 18.7 Å². The zero-order valence-electron chi connectivity index (χ0n) is 18.0. The van der Waals surface area contributed by atoms with Gasteiger partial charge in [0.2, 0.25) is 0 Å². The lowest BCUT2D eigenvalue weighted by Crippen LogP contribution is -2.41. The van der Waals surface area contributed by atoms with Gasteiger partial charge in [0, 0.05) is 25.8 Å². The van der Waals surface area contributed by atoms with Gasteiger partial charge in [0.1, 0.15) is 5.75 Å². The maximum absolute atomic E-state index is 13.4. The van der Waals surface area contributed by atoms with Crippen LogP contribution in [0.2, 0.25) is 0 Å². The Balaban J connectivity index is 1.97. The molecule has 2 heterocycles. The maximum Gasteiger partial charge on any atom is 0.337 e. The number of nitrogens with zero attached hydrogens (tertiary/aromatic N) is 5. The van der Waals surface area contributed by atoms with Crippen LogP contribution in [0, 0.1) is 10.1 Å². The molecule has 0 saturated carbocycles. The lowest BCUT2D eigenvalue weighted by molar-refractivity contribution is -0.384. The summed E-state index contributed by atoms with van der Waals surface area (Å²) in [5.74, 6) is 0.436. The molecule has 0 aliphatic rings. The molecule has 4 rings (SSSR count). The molecule has 170 valence electrons. The fraction of sp³-hybridized carbons (Fsp3) is 0.227. The number of nitro groups is 1. The smallest absolute Gasteiger partial charge is 0.337 e. The summed E-state index contributed by atoms with van der Waals surface area (Å²) in [6, 6.07) is 13.1. The molecule has 4 aromatic rings. The highest BCUT2D eigenvalue weighted by Gasteiger charge is 2.21. The van der Waals surface area contributed by atoms with Crippen molar-refractivity contribution in [2.24, 2.45) is 0 Å². The monoisotopic (exact) mass is 451 g/mol. The van der Waals surface area contributed by atoms with E-state index < -0.39 is 16.2 Å². The Morgan fingerprint density at radius 1 is 1.09 bits per heavy atom. The van der Waals surface area contributed by atoms with Gasteiger partial charge in [-0.05, 0) is 17.7 Å². The van der Waals surface area contributed by atoms with E-state index in [1.165, 1.54) is 37.2 Å². The van der Waals surface area contributed by atoms with E-state index >= 15 is 0 Å². The number of para-hydroxylation sites is 2. The molecule has 33 heavy (non-hydrogen) atoms. The Bertz CT molecular complexity index is 1450. The first-order valence-electron chi connectivity index (χ1n) is 10.0. The molecule has 0 atom stereocenters. The number of hydrogen-bond donors (Lipinski definition) is 0. The summed E-state index contributed by atoms with van der Waals surface area (Å²) in [7, 11) is 2.97. The molecule has 0 saturated heterocycles. The van der Waals surface area contributed by atoms with Crippen molar-refractivity contribution in [3.05, 3.63) is 91.4 Å². The van der Waals surface area contributed by atoms with Crippen molar-refractivity contribution in [1.29, 1.82) is 0 Å². The topological polar surface area (TPSA) is 123 Å². The van der Waals surface area contributed by atoms with Crippen molar-refractivity contribution in [3.63, 3.8) is 0 Å². The highest BCUT2D eigenvalue weighted by Crippen LogP contribution is 2.23. The third-order valence-electron chi connectivity index (χ3n) is 5.22. The first-order valence-corrected chi connectivity index (χ1v) is 10.0. The molecule has 0 unspecified atom stereocenters. The summed E-state index contributed by atoms with van der Waals surface area (Å²) in [5, 5.41) is 11.1. The maximum atomic E-state index is 13.4. The van der Waals surface area contributed by atoms with E-state index in [0.29, 0.717) is 17.0 Å². The second kappa shape index (κ2) is 9.09. The van der Waals surface area contributed by atoms with Crippen molar-refractivity contribution in [2.45, 2.75) is 13.1 Å². The van der Waals surface area contributed by atoms with Crippen LogP contribution >= 0.6 is 0 Å². The Hall–Kier alpha value is -4.25. The quantitative estimate of drug-likeness (QED) is 0.296. The lowest BCUT2D eigenvalue weighted by atomic mass is 10.2. The molecule has 2 aromatic carbocycles. The predicted octanol–water partition coefficient (Wildman–Crippen LogP) is 1.96. The van der Waals surface area contributed by atoms with Crippen molar-refractivity contribution >= 4 is 16.9 Å². The van der Waals surface area contributed by atoms with Gasteiger partial charge < -0.3 is 14.0 Å². The number of rotatable bonds is 8. The van der Waals surface area contributed by atoms with Gasteiger partial charge in [0.05, 0.1) is 37.2 Å². The summed E-state index contributed by atoms with van der Waals surface area (Å²) < 4.78 is 14.5. The fourth-order valence-corrected chi connectivity index (χ4v) is 3.68. The summed E-state index contributed by atoms with van der Waals surface area (Å²) in [4.78, 5) is 41.7. The van der Waals surface area contributed by atoms with E-state index in [1.54, 1.807) is 41.0 Å². The van der Waals surface area contributed by atoms with Gasteiger partial charge in [-0.25, -0.2) is 14.3 Å². The van der Waals surface area contributed by atoms with Crippen LogP contribution in [0.1, 0.15) is 5.56 Å². The minimum Gasteiger partial charge on any atom is -0.495 e. The zero-order chi connectivity index (χ0) is 23.5. The highest BCUT2D eigenvalue weighted by atomic mass is 16.6. The average molecular weight is 451 g/mol. The molecule has 0 N–H and O–H groups in total. The minimum atomic E-state index is -0.574. The predicted molar refractivity (Wildman–Crippen MR) is 120 cm³/mol. The molecule has 11 heteroatoms. The number of methoxy groups -OCH3 is 2. The molecule has 0 bridgehead atoms. The van der Waals surface area contributed by atoms with Crippen LogP contribution in [0.25, 0.3) is 16.9 Å². The van der Waals surface area contributed by atoms with E-state index in [1.807, 2.05) is 0 Å². The third-order valence-corrected chi connectivity index (χ3v) is 5.22. The standard InChI is InChI=1S/C22H21N5O6/c1-32-11-10-25-21(28)19-20(26(22(25)29)17-8-3-4-9-18(17)33-2)23-14-24(19)13-15-6-5-7-16(12-15)27(30)31/h3-9,12,14H,10-11,13H2,1-2H3. The third kappa shape index (κ3) is 4.01.